The molecule has 0 aromatic carbocycles. The fourth-order valence-corrected chi connectivity index (χ4v) is 1.80. The lowest BCUT2D eigenvalue weighted by molar-refractivity contribution is 0.0950. The Morgan fingerprint density at radius 3 is 2.85 bits per heavy atom. The van der Waals surface area contributed by atoms with E-state index >= 15 is 0 Å². The summed E-state index contributed by atoms with van der Waals surface area (Å²) < 4.78 is 0. The lowest BCUT2D eigenvalue weighted by Gasteiger charge is -2.07. The number of rotatable bonds is 5. The fraction of sp³-hybridized carbons (Fsp3) is 0.417. The smallest absolute Gasteiger partial charge is 0.277 e. The molecule has 0 atom stereocenters. The molecule has 106 valence electrons. The molecule has 2 rings (SSSR count). The average Bonchev–Trinajstić information content (AvgIpc) is 2.93. The molecular formula is C12H16N6O2. The van der Waals surface area contributed by atoms with Gasteiger partial charge in [-0.2, -0.15) is 10.2 Å². The normalized spacial score (nSPS) is 10.5. The van der Waals surface area contributed by atoms with Gasteiger partial charge < -0.3 is 5.32 Å². The van der Waals surface area contributed by atoms with Crippen molar-refractivity contribution in [3.63, 3.8) is 0 Å². The Hall–Kier alpha value is -2.51. The third kappa shape index (κ3) is 3.08. The molecule has 0 aliphatic rings. The quantitative estimate of drug-likeness (QED) is 0.658. The summed E-state index contributed by atoms with van der Waals surface area (Å²) in [5, 5.41) is 15.3. The summed E-state index contributed by atoms with van der Waals surface area (Å²) in [4.78, 5) is 27.6. The molecule has 2 aromatic rings. The van der Waals surface area contributed by atoms with Crippen LogP contribution in [0.2, 0.25) is 0 Å². The highest BCUT2D eigenvalue weighted by Crippen LogP contribution is 2.04. The van der Waals surface area contributed by atoms with E-state index in [1.165, 1.54) is 6.33 Å². The summed E-state index contributed by atoms with van der Waals surface area (Å²) in [5.41, 5.74) is 0.885. The van der Waals surface area contributed by atoms with Gasteiger partial charge in [0.25, 0.3) is 11.5 Å². The van der Waals surface area contributed by atoms with Crippen LogP contribution < -0.4 is 10.9 Å². The Kier molecular flexibility index (Phi) is 4.24. The number of hydrogen-bond acceptors (Lipinski definition) is 5. The van der Waals surface area contributed by atoms with Crippen molar-refractivity contribution in [2.75, 3.05) is 6.54 Å². The van der Waals surface area contributed by atoms with Crippen LogP contribution in [0.4, 0.5) is 0 Å². The highest BCUT2D eigenvalue weighted by atomic mass is 16.2. The van der Waals surface area contributed by atoms with Crippen LogP contribution in [0, 0.1) is 13.8 Å². The predicted octanol–water partition coefficient (Wildman–Crippen LogP) is -0.133. The highest BCUT2D eigenvalue weighted by molar-refractivity contribution is 5.95. The van der Waals surface area contributed by atoms with Crippen molar-refractivity contribution in [1.29, 1.82) is 0 Å². The van der Waals surface area contributed by atoms with Crippen molar-refractivity contribution >= 4 is 5.91 Å². The number of nitrogens with one attached hydrogen (secondary N) is 3. The maximum Gasteiger partial charge on any atom is 0.277 e. The molecule has 2 heterocycles. The van der Waals surface area contributed by atoms with Gasteiger partial charge in [0.05, 0.1) is 5.69 Å². The van der Waals surface area contributed by atoms with Gasteiger partial charge in [-0.05, 0) is 25.8 Å². The number of H-pyrrole nitrogens is 2. The van der Waals surface area contributed by atoms with E-state index in [4.69, 9.17) is 0 Å². The Labute approximate surface area is 115 Å². The standard InChI is InChI=1S/C12H16N6O2/c1-7-8(2)16-18-12(20)10(7)11(19)13-5-3-4-9-14-6-15-17-9/h6H,3-5H2,1-2H3,(H,13,19)(H,18,20)(H,14,15,17). The summed E-state index contributed by atoms with van der Waals surface area (Å²) in [5.74, 6) is 0.389. The number of amides is 1. The summed E-state index contributed by atoms with van der Waals surface area (Å²) >= 11 is 0. The molecule has 0 saturated carbocycles. The molecular weight excluding hydrogens is 260 g/mol. The highest BCUT2D eigenvalue weighted by Gasteiger charge is 2.15. The van der Waals surface area contributed by atoms with Gasteiger partial charge in [0.1, 0.15) is 17.7 Å². The van der Waals surface area contributed by atoms with Crippen molar-refractivity contribution in [2.24, 2.45) is 0 Å². The van der Waals surface area contributed by atoms with E-state index in [1.807, 2.05) is 0 Å². The summed E-state index contributed by atoms with van der Waals surface area (Å²) in [6, 6.07) is 0. The van der Waals surface area contributed by atoms with Gasteiger partial charge in [0, 0.05) is 13.0 Å². The van der Waals surface area contributed by atoms with Gasteiger partial charge in [0.2, 0.25) is 0 Å². The van der Waals surface area contributed by atoms with Crippen LogP contribution in [-0.4, -0.2) is 37.8 Å². The van der Waals surface area contributed by atoms with E-state index < -0.39 is 5.56 Å². The molecule has 8 heteroatoms. The lowest BCUT2D eigenvalue weighted by Crippen LogP contribution is -2.32. The van der Waals surface area contributed by atoms with Crippen molar-refractivity contribution < 1.29 is 4.79 Å². The summed E-state index contributed by atoms with van der Waals surface area (Å²) in [7, 11) is 0. The second-order valence-electron chi connectivity index (χ2n) is 4.43. The lowest BCUT2D eigenvalue weighted by atomic mass is 10.1. The monoisotopic (exact) mass is 276 g/mol. The van der Waals surface area contributed by atoms with Gasteiger partial charge in [-0.25, -0.2) is 10.1 Å². The Balaban J connectivity index is 1.92. The Bertz CT molecular complexity index is 646. The van der Waals surface area contributed by atoms with Crippen LogP contribution in [0.25, 0.3) is 0 Å². The van der Waals surface area contributed by atoms with Gasteiger partial charge >= 0.3 is 0 Å². The van der Waals surface area contributed by atoms with Crippen molar-refractivity contribution in [2.45, 2.75) is 26.7 Å². The number of aromatic amines is 2. The SMILES string of the molecule is Cc1n[nH]c(=O)c(C(=O)NCCCc2ncn[nH]2)c1C. The minimum absolute atomic E-state index is 0.122. The molecule has 2 aromatic heterocycles. The largest absolute Gasteiger partial charge is 0.352 e. The first-order valence-corrected chi connectivity index (χ1v) is 6.28. The second-order valence-corrected chi connectivity index (χ2v) is 4.43. The van der Waals surface area contributed by atoms with Crippen LogP contribution in [-0.2, 0) is 6.42 Å². The first-order valence-electron chi connectivity index (χ1n) is 6.28. The van der Waals surface area contributed by atoms with E-state index in [-0.39, 0.29) is 11.5 Å². The zero-order chi connectivity index (χ0) is 14.5. The molecule has 0 bridgehead atoms. The van der Waals surface area contributed by atoms with Crippen molar-refractivity contribution in [3.8, 4) is 0 Å². The third-order valence-electron chi connectivity index (χ3n) is 3.04. The molecule has 1 amide bonds. The minimum atomic E-state index is -0.471. The molecule has 8 nitrogen and oxygen atoms in total. The minimum Gasteiger partial charge on any atom is -0.352 e. The van der Waals surface area contributed by atoms with E-state index in [1.54, 1.807) is 13.8 Å². The van der Waals surface area contributed by atoms with Crippen LogP contribution in [0.15, 0.2) is 11.1 Å². The number of carbonyl (C=O) groups is 1. The van der Waals surface area contributed by atoms with Crippen LogP contribution in [0.3, 0.4) is 0 Å². The van der Waals surface area contributed by atoms with E-state index in [9.17, 15) is 9.59 Å². The van der Waals surface area contributed by atoms with E-state index in [0.29, 0.717) is 30.6 Å². The number of aromatic nitrogens is 5. The third-order valence-corrected chi connectivity index (χ3v) is 3.04. The Morgan fingerprint density at radius 1 is 1.35 bits per heavy atom. The van der Waals surface area contributed by atoms with Gasteiger partial charge in [-0.3, -0.25) is 14.7 Å². The van der Waals surface area contributed by atoms with Crippen LogP contribution in [0.5, 0.6) is 0 Å². The summed E-state index contributed by atoms with van der Waals surface area (Å²) in [6.07, 6.45) is 2.84. The predicted molar refractivity (Wildman–Crippen MR) is 71.4 cm³/mol. The van der Waals surface area contributed by atoms with Crippen LogP contribution >= 0.6 is 0 Å². The van der Waals surface area contributed by atoms with Crippen molar-refractivity contribution in [1.82, 2.24) is 30.7 Å². The number of aryl methyl sites for hydroxylation is 2. The maximum atomic E-state index is 12.0. The molecule has 3 N–H and O–H groups in total. The number of hydrogen-bond donors (Lipinski definition) is 3. The molecule has 0 saturated heterocycles. The van der Waals surface area contributed by atoms with Gasteiger partial charge in [0.15, 0.2) is 0 Å². The molecule has 0 spiro atoms. The van der Waals surface area contributed by atoms with Crippen LogP contribution in [0.1, 0.15) is 33.9 Å². The first-order chi connectivity index (χ1) is 9.59. The number of carbonyl (C=O) groups excluding carboxylic acids is 1. The second kappa shape index (κ2) is 6.09. The molecule has 0 aliphatic heterocycles. The average molecular weight is 276 g/mol. The van der Waals surface area contributed by atoms with Crippen molar-refractivity contribution in [3.05, 3.63) is 39.3 Å². The van der Waals surface area contributed by atoms with Gasteiger partial charge in [-0.1, -0.05) is 0 Å². The zero-order valence-corrected chi connectivity index (χ0v) is 11.4. The van der Waals surface area contributed by atoms with E-state index in [2.05, 4.69) is 30.7 Å². The Morgan fingerprint density at radius 2 is 2.15 bits per heavy atom. The zero-order valence-electron chi connectivity index (χ0n) is 11.4. The first kappa shape index (κ1) is 13.9. The van der Waals surface area contributed by atoms with Gasteiger partial charge in [-0.15, -0.1) is 0 Å². The molecule has 20 heavy (non-hydrogen) atoms. The van der Waals surface area contributed by atoms with E-state index in [0.717, 1.165) is 5.82 Å². The molecule has 0 unspecified atom stereocenters. The molecule has 0 aliphatic carbocycles. The molecule has 0 radical (unpaired) electrons. The number of nitrogens with zero attached hydrogens (tertiary/aromatic N) is 3. The molecule has 0 fully saturated rings. The summed E-state index contributed by atoms with van der Waals surface area (Å²) in [6.45, 7) is 3.91. The topological polar surface area (TPSA) is 116 Å². The maximum absolute atomic E-state index is 12.0. The fourth-order valence-electron chi connectivity index (χ4n) is 1.80.